The van der Waals surface area contributed by atoms with Crippen LogP contribution in [0, 0.1) is 25.2 Å². The van der Waals surface area contributed by atoms with Crippen molar-refractivity contribution in [2.24, 2.45) is 4.99 Å². The lowest BCUT2D eigenvalue weighted by atomic mass is 10.0. The Labute approximate surface area is 161 Å². The quantitative estimate of drug-likeness (QED) is 0.754. The van der Waals surface area contributed by atoms with Gasteiger partial charge in [-0.25, -0.2) is 8.42 Å². The number of aliphatic imine (C=N–C) groups is 1. The van der Waals surface area contributed by atoms with E-state index in [0.717, 1.165) is 10.1 Å². The number of benzene rings is 1. The van der Waals surface area contributed by atoms with Crippen LogP contribution in [0.4, 0.5) is 5.69 Å². The van der Waals surface area contributed by atoms with E-state index in [9.17, 15) is 28.7 Å². The first kappa shape index (κ1) is 19.6. The lowest BCUT2D eigenvalue weighted by Gasteiger charge is -2.18. The highest BCUT2D eigenvalue weighted by Gasteiger charge is 2.33. The van der Waals surface area contributed by atoms with Gasteiger partial charge in [0.05, 0.1) is 23.1 Å². The number of nitrogens with zero attached hydrogens (tertiary/aromatic N) is 3. The molecule has 1 unspecified atom stereocenters. The van der Waals surface area contributed by atoms with E-state index in [-0.39, 0.29) is 46.1 Å². The first-order chi connectivity index (χ1) is 13.1. The van der Waals surface area contributed by atoms with Crippen LogP contribution in [0.1, 0.15) is 34.7 Å². The maximum absolute atomic E-state index is 12.7. The van der Waals surface area contributed by atoms with Gasteiger partial charge in [0, 0.05) is 6.21 Å². The summed E-state index contributed by atoms with van der Waals surface area (Å²) in [4.78, 5) is 16.8. The smallest absolute Gasteiger partial charge is 0.271 e. The summed E-state index contributed by atoms with van der Waals surface area (Å²) in [6, 6.07) is 5.93. The lowest BCUT2D eigenvalue weighted by molar-refractivity contribution is 0.379. The molecule has 28 heavy (non-hydrogen) atoms. The Hall–Kier alpha value is -3.12. The van der Waals surface area contributed by atoms with Gasteiger partial charge in [-0.15, -0.1) is 0 Å². The van der Waals surface area contributed by atoms with Crippen LogP contribution in [0.25, 0.3) is 0 Å². The largest absolute Gasteiger partial charge is 0.506 e. The van der Waals surface area contributed by atoms with Gasteiger partial charge >= 0.3 is 0 Å². The average molecular weight is 401 g/mol. The third-order valence-corrected chi connectivity index (χ3v) is 6.58. The average Bonchev–Trinajstić information content (AvgIpc) is 2.97. The van der Waals surface area contributed by atoms with Crippen LogP contribution in [0.5, 0.6) is 11.6 Å². The minimum atomic E-state index is -3.31. The Balaban J connectivity index is 2.18. The SMILES string of the molecule is Cc1ccc(O)c(N=Cc2c(C)c(C#N)c(=O)n(C3CCS(=O)(=O)C3)c2O)c1. The second-order valence-electron chi connectivity index (χ2n) is 6.83. The van der Waals surface area contributed by atoms with Gasteiger partial charge in [0.25, 0.3) is 5.56 Å². The van der Waals surface area contributed by atoms with Crippen LogP contribution >= 0.6 is 0 Å². The fourth-order valence-electron chi connectivity index (χ4n) is 3.28. The summed E-state index contributed by atoms with van der Waals surface area (Å²) in [5.74, 6) is -0.863. The number of hydrogen-bond donors (Lipinski definition) is 2. The molecule has 8 nitrogen and oxygen atoms in total. The molecule has 1 aliphatic rings. The Morgan fingerprint density at radius 3 is 2.64 bits per heavy atom. The fourth-order valence-corrected chi connectivity index (χ4v) is 4.98. The Morgan fingerprint density at radius 1 is 1.32 bits per heavy atom. The number of rotatable bonds is 3. The molecule has 1 aromatic carbocycles. The van der Waals surface area contributed by atoms with Gasteiger partial charge in [0.1, 0.15) is 23.1 Å². The molecule has 1 atom stereocenters. The van der Waals surface area contributed by atoms with E-state index in [0.29, 0.717) is 0 Å². The molecule has 2 heterocycles. The molecule has 0 radical (unpaired) electrons. The number of aromatic hydroxyl groups is 2. The number of sulfone groups is 1. The number of aromatic nitrogens is 1. The van der Waals surface area contributed by atoms with Crippen LogP contribution < -0.4 is 5.56 Å². The molecular weight excluding hydrogens is 382 g/mol. The number of phenolic OH excluding ortho intramolecular Hbond substituents is 1. The molecule has 146 valence electrons. The molecular formula is C19H19N3O5S. The zero-order valence-electron chi connectivity index (χ0n) is 15.4. The molecule has 0 amide bonds. The summed E-state index contributed by atoms with van der Waals surface area (Å²) in [5.41, 5.74) is 0.578. The molecule has 9 heteroatoms. The molecule has 1 fully saturated rings. The zero-order chi connectivity index (χ0) is 20.6. The van der Waals surface area contributed by atoms with Crippen molar-refractivity contribution >= 4 is 21.7 Å². The second-order valence-corrected chi connectivity index (χ2v) is 9.06. The number of pyridine rings is 1. The van der Waals surface area contributed by atoms with Crippen molar-refractivity contribution in [3.05, 3.63) is 50.8 Å². The molecule has 2 aromatic rings. The third-order valence-electron chi connectivity index (χ3n) is 4.83. The molecule has 1 saturated heterocycles. The molecule has 0 saturated carbocycles. The van der Waals surface area contributed by atoms with Gasteiger partial charge in [-0.05, 0) is 43.5 Å². The standard InChI is InChI=1S/C19H19N3O5S/c1-11-3-4-17(23)16(7-11)21-9-15-12(2)14(8-20)18(24)22(19(15)25)13-5-6-28(26,27)10-13/h3-4,7,9,13,23,25H,5-6,10H2,1-2H3. The number of nitriles is 1. The van der Waals surface area contributed by atoms with Crippen molar-refractivity contribution in [2.75, 3.05) is 11.5 Å². The van der Waals surface area contributed by atoms with Crippen molar-refractivity contribution in [2.45, 2.75) is 26.3 Å². The molecule has 0 bridgehead atoms. The molecule has 0 spiro atoms. The van der Waals surface area contributed by atoms with E-state index in [2.05, 4.69) is 4.99 Å². The van der Waals surface area contributed by atoms with E-state index < -0.39 is 27.3 Å². The first-order valence-electron chi connectivity index (χ1n) is 8.57. The maximum Gasteiger partial charge on any atom is 0.271 e. The van der Waals surface area contributed by atoms with Gasteiger partial charge in [0.15, 0.2) is 9.84 Å². The number of aryl methyl sites for hydroxylation is 1. The Bertz CT molecular complexity index is 1190. The number of phenols is 1. The minimum Gasteiger partial charge on any atom is -0.506 e. The third kappa shape index (κ3) is 3.51. The minimum absolute atomic E-state index is 0.0605. The molecule has 0 aliphatic carbocycles. The van der Waals surface area contributed by atoms with E-state index >= 15 is 0 Å². The summed E-state index contributed by atoms with van der Waals surface area (Å²) >= 11 is 0. The van der Waals surface area contributed by atoms with Gasteiger partial charge in [0.2, 0.25) is 5.88 Å². The fraction of sp³-hybridized carbons (Fsp3) is 0.316. The summed E-state index contributed by atoms with van der Waals surface area (Å²) in [6.45, 7) is 3.34. The van der Waals surface area contributed by atoms with Crippen LogP contribution in [-0.4, -0.2) is 40.9 Å². The predicted octanol–water partition coefficient (Wildman–Crippen LogP) is 1.86. The molecule has 3 rings (SSSR count). The normalized spacial score (nSPS) is 18.4. The van der Waals surface area contributed by atoms with E-state index in [1.54, 1.807) is 12.1 Å². The van der Waals surface area contributed by atoms with Crippen LogP contribution in [-0.2, 0) is 9.84 Å². The summed E-state index contributed by atoms with van der Waals surface area (Å²) in [6.07, 6.45) is 1.44. The highest BCUT2D eigenvalue weighted by Crippen LogP contribution is 2.31. The first-order valence-corrected chi connectivity index (χ1v) is 10.4. The maximum atomic E-state index is 12.7. The van der Waals surface area contributed by atoms with Crippen molar-refractivity contribution in [1.82, 2.24) is 4.57 Å². The summed E-state index contributed by atoms with van der Waals surface area (Å²) < 4.78 is 24.6. The van der Waals surface area contributed by atoms with Gasteiger partial charge < -0.3 is 10.2 Å². The zero-order valence-corrected chi connectivity index (χ0v) is 16.2. The summed E-state index contributed by atoms with van der Waals surface area (Å²) in [7, 11) is -3.31. The van der Waals surface area contributed by atoms with Gasteiger partial charge in [-0.2, -0.15) is 5.26 Å². The Morgan fingerprint density at radius 2 is 2.04 bits per heavy atom. The summed E-state index contributed by atoms with van der Waals surface area (Å²) in [5, 5.41) is 30.0. The monoisotopic (exact) mass is 401 g/mol. The highest BCUT2D eigenvalue weighted by molar-refractivity contribution is 7.91. The van der Waals surface area contributed by atoms with Crippen molar-refractivity contribution < 1.29 is 18.6 Å². The highest BCUT2D eigenvalue weighted by atomic mass is 32.2. The van der Waals surface area contributed by atoms with Crippen molar-refractivity contribution in [3.63, 3.8) is 0 Å². The second kappa shape index (κ2) is 7.13. The molecule has 2 N–H and O–H groups in total. The van der Waals surface area contributed by atoms with E-state index in [4.69, 9.17) is 0 Å². The van der Waals surface area contributed by atoms with Gasteiger partial charge in [-0.3, -0.25) is 14.4 Å². The molecule has 1 aromatic heterocycles. The van der Waals surface area contributed by atoms with E-state index in [1.165, 1.54) is 19.2 Å². The van der Waals surface area contributed by atoms with Crippen molar-refractivity contribution in [1.29, 1.82) is 5.26 Å². The predicted molar refractivity (Wildman–Crippen MR) is 104 cm³/mol. The molecule has 1 aliphatic heterocycles. The van der Waals surface area contributed by atoms with Crippen LogP contribution in [0.3, 0.4) is 0 Å². The lowest BCUT2D eigenvalue weighted by Crippen LogP contribution is -2.29. The number of hydrogen-bond acceptors (Lipinski definition) is 7. The van der Waals surface area contributed by atoms with Gasteiger partial charge in [-0.1, -0.05) is 6.07 Å². The Kier molecular flexibility index (Phi) is 5.00. The van der Waals surface area contributed by atoms with Crippen molar-refractivity contribution in [3.8, 4) is 17.7 Å². The van der Waals surface area contributed by atoms with E-state index in [1.807, 2.05) is 13.0 Å². The van der Waals surface area contributed by atoms with Crippen LogP contribution in [0.15, 0.2) is 28.0 Å². The topological polar surface area (TPSA) is 133 Å². The van der Waals surface area contributed by atoms with Crippen LogP contribution in [0.2, 0.25) is 0 Å².